The monoisotopic (exact) mass is 270 g/mol. The molecule has 0 atom stereocenters. The number of pyridine rings is 1. The van der Waals surface area contributed by atoms with Crippen molar-refractivity contribution in [2.45, 2.75) is 19.3 Å². The van der Waals surface area contributed by atoms with E-state index in [0.717, 1.165) is 42.5 Å². The molecule has 1 aromatic heterocycles. The molecule has 2 aromatic rings. The second-order valence-corrected chi connectivity index (χ2v) is 5.08. The Labute approximate surface area is 117 Å². The lowest BCUT2D eigenvalue weighted by molar-refractivity contribution is 0.200. The molecular weight excluding hydrogens is 252 g/mol. The molecule has 5 heteroatoms. The Balaban J connectivity index is 1.87. The number of carbonyl (C=O) groups is 1. The summed E-state index contributed by atoms with van der Waals surface area (Å²) in [5.41, 5.74) is 8.02. The lowest BCUT2D eigenvalue weighted by Gasteiger charge is -2.27. The zero-order valence-electron chi connectivity index (χ0n) is 11.3. The Hall–Kier alpha value is -2.30. The van der Waals surface area contributed by atoms with Crippen molar-refractivity contribution in [3.63, 3.8) is 0 Å². The standard InChI is InChI=1S/C15H18N4O/c16-12-6-7-13(11-5-4-8-17-14(11)12)18-15(20)19-9-2-1-3-10-19/h4-8H,1-3,9-10,16H2,(H,18,20). The Morgan fingerprint density at radius 1 is 1.20 bits per heavy atom. The van der Waals surface area contributed by atoms with Crippen LogP contribution in [0.3, 0.4) is 0 Å². The number of urea groups is 1. The van der Waals surface area contributed by atoms with Gasteiger partial charge in [-0.05, 0) is 43.5 Å². The maximum Gasteiger partial charge on any atom is 0.321 e. The zero-order valence-corrected chi connectivity index (χ0v) is 11.3. The van der Waals surface area contributed by atoms with Gasteiger partial charge in [0.2, 0.25) is 0 Å². The minimum Gasteiger partial charge on any atom is -0.397 e. The van der Waals surface area contributed by atoms with Gasteiger partial charge in [-0.15, -0.1) is 0 Å². The van der Waals surface area contributed by atoms with Gasteiger partial charge in [0.15, 0.2) is 0 Å². The third-order valence-electron chi connectivity index (χ3n) is 3.69. The van der Waals surface area contributed by atoms with Crippen LogP contribution in [0.25, 0.3) is 10.9 Å². The highest BCUT2D eigenvalue weighted by Crippen LogP contribution is 2.26. The first-order valence-corrected chi connectivity index (χ1v) is 6.95. The van der Waals surface area contributed by atoms with E-state index in [4.69, 9.17) is 5.73 Å². The number of aromatic nitrogens is 1. The van der Waals surface area contributed by atoms with Gasteiger partial charge in [-0.2, -0.15) is 0 Å². The second-order valence-electron chi connectivity index (χ2n) is 5.08. The molecule has 1 fully saturated rings. The zero-order chi connectivity index (χ0) is 13.9. The number of nitrogens with zero attached hydrogens (tertiary/aromatic N) is 2. The molecule has 0 radical (unpaired) electrons. The van der Waals surface area contributed by atoms with Crippen LogP contribution in [0.1, 0.15) is 19.3 Å². The van der Waals surface area contributed by atoms with E-state index >= 15 is 0 Å². The van der Waals surface area contributed by atoms with Crippen LogP contribution in [0.5, 0.6) is 0 Å². The molecule has 0 unspecified atom stereocenters. The summed E-state index contributed by atoms with van der Waals surface area (Å²) in [6.07, 6.45) is 5.07. The molecule has 0 spiro atoms. The van der Waals surface area contributed by atoms with Crippen molar-refractivity contribution >= 4 is 28.3 Å². The van der Waals surface area contributed by atoms with E-state index in [-0.39, 0.29) is 6.03 Å². The van der Waals surface area contributed by atoms with E-state index in [9.17, 15) is 4.79 Å². The first-order valence-electron chi connectivity index (χ1n) is 6.95. The third kappa shape index (κ3) is 2.39. The second kappa shape index (κ2) is 5.36. The van der Waals surface area contributed by atoms with E-state index in [1.807, 2.05) is 23.1 Å². The molecule has 1 saturated heterocycles. The number of fused-ring (bicyclic) bond motifs is 1. The van der Waals surface area contributed by atoms with Gasteiger partial charge in [-0.3, -0.25) is 4.98 Å². The first-order chi connectivity index (χ1) is 9.75. The molecule has 20 heavy (non-hydrogen) atoms. The number of amides is 2. The number of piperidine rings is 1. The molecule has 0 saturated carbocycles. The van der Waals surface area contributed by atoms with Crippen LogP contribution >= 0.6 is 0 Å². The Kier molecular flexibility index (Phi) is 3.41. The van der Waals surface area contributed by atoms with E-state index in [0.29, 0.717) is 5.69 Å². The molecule has 1 aliphatic rings. The quantitative estimate of drug-likeness (QED) is 0.783. The minimum absolute atomic E-state index is 0.0420. The van der Waals surface area contributed by atoms with Crippen LogP contribution < -0.4 is 11.1 Å². The summed E-state index contributed by atoms with van der Waals surface area (Å²) in [5.74, 6) is 0. The number of benzene rings is 1. The number of nitrogens with one attached hydrogen (secondary N) is 1. The largest absolute Gasteiger partial charge is 0.397 e. The van der Waals surface area contributed by atoms with Crippen molar-refractivity contribution in [1.82, 2.24) is 9.88 Å². The number of nitrogens with two attached hydrogens (primary N) is 1. The van der Waals surface area contributed by atoms with Gasteiger partial charge in [-0.1, -0.05) is 0 Å². The molecule has 2 heterocycles. The molecule has 1 aliphatic heterocycles. The summed E-state index contributed by atoms with van der Waals surface area (Å²) in [5, 5.41) is 3.85. The molecule has 5 nitrogen and oxygen atoms in total. The molecule has 0 aliphatic carbocycles. The summed E-state index contributed by atoms with van der Waals surface area (Å²) in [6.45, 7) is 1.66. The minimum atomic E-state index is -0.0420. The smallest absolute Gasteiger partial charge is 0.321 e. The van der Waals surface area contributed by atoms with E-state index < -0.39 is 0 Å². The maximum absolute atomic E-state index is 12.3. The number of nitrogen functional groups attached to an aromatic ring is 1. The SMILES string of the molecule is Nc1ccc(NC(=O)N2CCCCC2)c2cccnc12. The number of likely N-dealkylation sites (tertiary alicyclic amines) is 1. The van der Waals surface area contributed by atoms with E-state index in [1.54, 1.807) is 12.3 Å². The van der Waals surface area contributed by atoms with Gasteiger partial charge in [-0.25, -0.2) is 4.79 Å². The van der Waals surface area contributed by atoms with Crippen molar-refractivity contribution in [2.75, 3.05) is 24.1 Å². The van der Waals surface area contributed by atoms with Crippen LogP contribution in [0.4, 0.5) is 16.2 Å². The molecule has 1 aromatic carbocycles. The van der Waals surface area contributed by atoms with Crippen LogP contribution in [0, 0.1) is 0 Å². The highest BCUT2D eigenvalue weighted by molar-refractivity contribution is 6.04. The number of rotatable bonds is 1. The molecule has 3 rings (SSSR count). The number of carbonyl (C=O) groups excluding carboxylic acids is 1. The average Bonchev–Trinajstić information content (AvgIpc) is 2.51. The van der Waals surface area contributed by atoms with Crippen molar-refractivity contribution in [3.05, 3.63) is 30.5 Å². The predicted molar refractivity (Wildman–Crippen MR) is 80.6 cm³/mol. The normalized spacial score (nSPS) is 15.3. The lowest BCUT2D eigenvalue weighted by atomic mass is 10.1. The summed E-state index contributed by atoms with van der Waals surface area (Å²) < 4.78 is 0. The van der Waals surface area contributed by atoms with Crippen molar-refractivity contribution in [2.24, 2.45) is 0 Å². The number of hydrogen-bond donors (Lipinski definition) is 2. The van der Waals surface area contributed by atoms with Crippen LogP contribution in [-0.2, 0) is 0 Å². The highest BCUT2D eigenvalue weighted by Gasteiger charge is 2.17. The molecule has 3 N–H and O–H groups in total. The first kappa shape index (κ1) is 12.7. The summed E-state index contributed by atoms with van der Waals surface area (Å²) >= 11 is 0. The fourth-order valence-corrected chi connectivity index (χ4v) is 2.59. The molecule has 0 bridgehead atoms. The van der Waals surface area contributed by atoms with Crippen LogP contribution in [0.15, 0.2) is 30.5 Å². The van der Waals surface area contributed by atoms with Crippen molar-refractivity contribution < 1.29 is 4.79 Å². The van der Waals surface area contributed by atoms with Crippen LogP contribution in [-0.4, -0.2) is 29.0 Å². The predicted octanol–water partition coefficient (Wildman–Crippen LogP) is 2.83. The van der Waals surface area contributed by atoms with Gasteiger partial charge >= 0.3 is 6.03 Å². The fraction of sp³-hybridized carbons (Fsp3) is 0.333. The third-order valence-corrected chi connectivity index (χ3v) is 3.69. The maximum atomic E-state index is 12.3. The summed E-state index contributed by atoms with van der Waals surface area (Å²) in [6, 6.07) is 7.34. The fourth-order valence-electron chi connectivity index (χ4n) is 2.59. The van der Waals surface area contributed by atoms with E-state index in [1.165, 1.54) is 6.42 Å². The Morgan fingerprint density at radius 3 is 2.80 bits per heavy atom. The lowest BCUT2D eigenvalue weighted by Crippen LogP contribution is -2.38. The Morgan fingerprint density at radius 2 is 2.00 bits per heavy atom. The van der Waals surface area contributed by atoms with Gasteiger partial charge in [0, 0.05) is 24.7 Å². The Bertz CT molecular complexity index is 635. The van der Waals surface area contributed by atoms with Gasteiger partial charge in [0.1, 0.15) is 0 Å². The van der Waals surface area contributed by atoms with Gasteiger partial charge in [0.05, 0.1) is 16.9 Å². The van der Waals surface area contributed by atoms with Crippen molar-refractivity contribution in [3.8, 4) is 0 Å². The van der Waals surface area contributed by atoms with Crippen molar-refractivity contribution in [1.29, 1.82) is 0 Å². The molecular formula is C15H18N4O. The number of anilines is 2. The average molecular weight is 270 g/mol. The van der Waals surface area contributed by atoms with Crippen LogP contribution in [0.2, 0.25) is 0 Å². The number of hydrogen-bond acceptors (Lipinski definition) is 3. The summed E-state index contributed by atoms with van der Waals surface area (Å²) in [7, 11) is 0. The van der Waals surface area contributed by atoms with Gasteiger partial charge in [0.25, 0.3) is 0 Å². The summed E-state index contributed by atoms with van der Waals surface area (Å²) in [4.78, 5) is 18.4. The molecule has 2 amide bonds. The molecule has 104 valence electrons. The topological polar surface area (TPSA) is 71.2 Å². The highest BCUT2D eigenvalue weighted by atomic mass is 16.2. The van der Waals surface area contributed by atoms with E-state index in [2.05, 4.69) is 10.3 Å². The van der Waals surface area contributed by atoms with Gasteiger partial charge < -0.3 is 16.0 Å².